The highest BCUT2D eigenvalue weighted by molar-refractivity contribution is 5.16. The summed E-state index contributed by atoms with van der Waals surface area (Å²) < 4.78 is 0. The Balaban J connectivity index is 1.56. The van der Waals surface area contributed by atoms with Gasteiger partial charge in [-0.25, -0.2) is 0 Å². The zero-order chi connectivity index (χ0) is 11.7. The SMILES string of the molecule is OCc1cc(CC[C@@H]2C[C@H]3CC[C@@H]2C3)ccn1. The third-order valence-corrected chi connectivity index (χ3v) is 4.73. The second-order valence-electron chi connectivity index (χ2n) is 5.79. The smallest absolute Gasteiger partial charge is 0.0853 e. The van der Waals surface area contributed by atoms with E-state index in [1.54, 1.807) is 0 Å². The number of hydrogen-bond acceptors (Lipinski definition) is 2. The quantitative estimate of drug-likeness (QED) is 0.864. The van der Waals surface area contributed by atoms with Gasteiger partial charge < -0.3 is 5.11 Å². The first-order valence-electron chi connectivity index (χ1n) is 6.90. The van der Waals surface area contributed by atoms with E-state index in [4.69, 9.17) is 5.11 Å². The van der Waals surface area contributed by atoms with Gasteiger partial charge in [0.25, 0.3) is 0 Å². The van der Waals surface area contributed by atoms with Gasteiger partial charge in [0.2, 0.25) is 0 Å². The highest BCUT2D eigenvalue weighted by Gasteiger charge is 2.38. The Bertz CT molecular complexity index is 390. The van der Waals surface area contributed by atoms with Crippen LogP contribution in [-0.4, -0.2) is 10.1 Å². The minimum absolute atomic E-state index is 0.0575. The largest absolute Gasteiger partial charge is 0.390 e. The van der Waals surface area contributed by atoms with Crippen molar-refractivity contribution in [1.29, 1.82) is 0 Å². The molecule has 2 bridgehead atoms. The summed E-state index contributed by atoms with van der Waals surface area (Å²) in [6.45, 7) is 0.0575. The predicted octanol–water partition coefficient (Wildman–Crippen LogP) is 2.94. The molecule has 2 heteroatoms. The lowest BCUT2D eigenvalue weighted by Crippen LogP contribution is -2.11. The molecule has 2 aliphatic carbocycles. The Morgan fingerprint density at radius 3 is 2.94 bits per heavy atom. The summed E-state index contributed by atoms with van der Waals surface area (Å²) in [7, 11) is 0. The number of aromatic nitrogens is 1. The number of fused-ring (bicyclic) bond motifs is 2. The first kappa shape index (κ1) is 11.2. The van der Waals surface area contributed by atoms with Crippen LogP contribution in [0.2, 0.25) is 0 Å². The molecular formula is C15H21NO. The molecule has 1 aromatic heterocycles. The number of nitrogens with zero attached hydrogens (tertiary/aromatic N) is 1. The van der Waals surface area contributed by atoms with Gasteiger partial charge >= 0.3 is 0 Å². The van der Waals surface area contributed by atoms with E-state index in [-0.39, 0.29) is 6.61 Å². The molecule has 2 saturated carbocycles. The Kier molecular flexibility index (Phi) is 3.15. The molecule has 0 saturated heterocycles. The molecule has 0 aromatic carbocycles. The van der Waals surface area contributed by atoms with Gasteiger partial charge in [-0.05, 0) is 67.6 Å². The minimum Gasteiger partial charge on any atom is -0.390 e. The summed E-state index contributed by atoms with van der Waals surface area (Å²) in [5.74, 6) is 3.05. The van der Waals surface area contributed by atoms with E-state index in [0.717, 1.165) is 29.9 Å². The van der Waals surface area contributed by atoms with Gasteiger partial charge in [0.05, 0.1) is 12.3 Å². The molecule has 1 aromatic rings. The second-order valence-corrected chi connectivity index (χ2v) is 5.79. The number of pyridine rings is 1. The van der Waals surface area contributed by atoms with Crippen molar-refractivity contribution in [2.75, 3.05) is 0 Å². The molecule has 0 amide bonds. The molecule has 1 N–H and O–H groups in total. The third-order valence-electron chi connectivity index (χ3n) is 4.73. The standard InChI is InChI=1S/C15H21NO/c17-10-15-9-11(5-6-16-15)1-3-13-7-12-2-4-14(13)8-12/h5-6,9,12-14,17H,1-4,7-8,10H2/t12-,13-,14-/m1/s1. The normalized spacial score (nSPS) is 31.0. The van der Waals surface area contributed by atoms with E-state index in [0.29, 0.717) is 0 Å². The fourth-order valence-corrected chi connectivity index (χ4v) is 3.85. The Hall–Kier alpha value is -0.890. The van der Waals surface area contributed by atoms with Gasteiger partial charge in [-0.2, -0.15) is 0 Å². The summed E-state index contributed by atoms with van der Waals surface area (Å²) in [5.41, 5.74) is 2.14. The lowest BCUT2D eigenvalue weighted by molar-refractivity contribution is 0.276. The van der Waals surface area contributed by atoms with Crippen molar-refractivity contribution in [3.05, 3.63) is 29.6 Å². The van der Waals surface area contributed by atoms with Crippen LogP contribution in [0, 0.1) is 17.8 Å². The molecule has 0 aliphatic heterocycles. The van der Waals surface area contributed by atoms with Crippen LogP contribution in [-0.2, 0) is 13.0 Å². The molecule has 1 heterocycles. The highest BCUT2D eigenvalue weighted by Crippen LogP contribution is 2.49. The third kappa shape index (κ3) is 2.37. The minimum atomic E-state index is 0.0575. The van der Waals surface area contributed by atoms with Gasteiger partial charge in [-0.1, -0.05) is 6.42 Å². The van der Waals surface area contributed by atoms with Crippen LogP contribution in [0.5, 0.6) is 0 Å². The fourth-order valence-electron chi connectivity index (χ4n) is 3.85. The first-order valence-corrected chi connectivity index (χ1v) is 6.90. The van der Waals surface area contributed by atoms with E-state index in [9.17, 15) is 0 Å². The summed E-state index contributed by atoms with van der Waals surface area (Å²) in [6.07, 6.45) is 10.3. The summed E-state index contributed by atoms with van der Waals surface area (Å²) in [6, 6.07) is 4.14. The number of aryl methyl sites for hydroxylation is 1. The van der Waals surface area contributed by atoms with Gasteiger partial charge in [0, 0.05) is 6.20 Å². The van der Waals surface area contributed by atoms with Crippen molar-refractivity contribution in [3.63, 3.8) is 0 Å². The average molecular weight is 231 g/mol. The predicted molar refractivity (Wildman–Crippen MR) is 67.4 cm³/mol. The van der Waals surface area contributed by atoms with Gasteiger partial charge in [-0.3, -0.25) is 4.98 Å². The van der Waals surface area contributed by atoms with Crippen LogP contribution in [0.15, 0.2) is 18.3 Å². The Morgan fingerprint density at radius 2 is 2.24 bits per heavy atom. The van der Waals surface area contributed by atoms with Crippen molar-refractivity contribution >= 4 is 0 Å². The van der Waals surface area contributed by atoms with Gasteiger partial charge in [-0.15, -0.1) is 0 Å². The maximum absolute atomic E-state index is 9.07. The van der Waals surface area contributed by atoms with Crippen LogP contribution in [0.25, 0.3) is 0 Å². The first-order chi connectivity index (χ1) is 8.35. The second kappa shape index (κ2) is 4.77. The molecular weight excluding hydrogens is 210 g/mol. The van der Waals surface area contributed by atoms with Crippen LogP contribution >= 0.6 is 0 Å². The number of hydrogen-bond donors (Lipinski definition) is 1. The zero-order valence-electron chi connectivity index (χ0n) is 10.3. The summed E-state index contributed by atoms with van der Waals surface area (Å²) in [5, 5.41) is 9.07. The van der Waals surface area contributed by atoms with Crippen molar-refractivity contribution in [1.82, 2.24) is 4.98 Å². The monoisotopic (exact) mass is 231 g/mol. The van der Waals surface area contributed by atoms with Crippen molar-refractivity contribution in [3.8, 4) is 0 Å². The van der Waals surface area contributed by atoms with Gasteiger partial charge in [0.1, 0.15) is 0 Å². The van der Waals surface area contributed by atoms with E-state index < -0.39 is 0 Å². The number of aliphatic hydroxyl groups is 1. The maximum atomic E-state index is 9.07. The molecule has 2 aliphatic rings. The molecule has 17 heavy (non-hydrogen) atoms. The van der Waals surface area contributed by atoms with E-state index >= 15 is 0 Å². The molecule has 0 spiro atoms. The molecule has 3 rings (SSSR count). The Labute approximate surface area is 103 Å². The summed E-state index contributed by atoms with van der Waals surface area (Å²) in [4.78, 5) is 4.13. The van der Waals surface area contributed by atoms with Crippen LogP contribution < -0.4 is 0 Å². The topological polar surface area (TPSA) is 33.1 Å². The Morgan fingerprint density at radius 1 is 1.29 bits per heavy atom. The van der Waals surface area contributed by atoms with Crippen LogP contribution in [0.1, 0.15) is 43.4 Å². The molecule has 0 radical (unpaired) electrons. The number of rotatable bonds is 4. The fraction of sp³-hybridized carbons (Fsp3) is 0.667. The molecule has 92 valence electrons. The molecule has 0 unspecified atom stereocenters. The maximum Gasteiger partial charge on any atom is 0.0853 e. The summed E-state index contributed by atoms with van der Waals surface area (Å²) >= 11 is 0. The average Bonchev–Trinajstić information content (AvgIpc) is 2.99. The highest BCUT2D eigenvalue weighted by atomic mass is 16.3. The van der Waals surface area contributed by atoms with Crippen molar-refractivity contribution in [2.45, 2.75) is 45.1 Å². The molecule has 3 atom stereocenters. The number of aliphatic hydroxyl groups excluding tert-OH is 1. The molecule has 2 fully saturated rings. The molecule has 2 nitrogen and oxygen atoms in total. The van der Waals surface area contributed by atoms with E-state index in [1.165, 1.54) is 37.7 Å². The van der Waals surface area contributed by atoms with E-state index in [2.05, 4.69) is 11.1 Å². The van der Waals surface area contributed by atoms with Crippen molar-refractivity contribution < 1.29 is 5.11 Å². The van der Waals surface area contributed by atoms with Crippen LogP contribution in [0.4, 0.5) is 0 Å². The lowest BCUT2D eigenvalue weighted by Gasteiger charge is -2.21. The van der Waals surface area contributed by atoms with Crippen molar-refractivity contribution in [2.24, 2.45) is 17.8 Å². The zero-order valence-corrected chi connectivity index (χ0v) is 10.3. The van der Waals surface area contributed by atoms with Gasteiger partial charge in [0.15, 0.2) is 0 Å². The van der Waals surface area contributed by atoms with Crippen LogP contribution in [0.3, 0.4) is 0 Å². The van der Waals surface area contributed by atoms with E-state index in [1.807, 2.05) is 12.3 Å². The lowest BCUT2D eigenvalue weighted by atomic mass is 9.85.